The fourth-order valence-corrected chi connectivity index (χ4v) is 2.56. The number of nitrogens with zero attached hydrogens (tertiary/aromatic N) is 2. The van der Waals surface area contributed by atoms with Gasteiger partial charge in [0, 0.05) is 41.4 Å². The van der Waals surface area contributed by atoms with Crippen LogP contribution >= 0.6 is 11.6 Å². The van der Waals surface area contributed by atoms with Crippen molar-refractivity contribution in [2.45, 2.75) is 6.54 Å². The zero-order valence-corrected chi connectivity index (χ0v) is 13.6. The normalized spacial score (nSPS) is 10.6. The van der Waals surface area contributed by atoms with Gasteiger partial charge < -0.3 is 10.1 Å². The van der Waals surface area contributed by atoms with Gasteiger partial charge >= 0.3 is 0 Å². The molecule has 0 fully saturated rings. The quantitative estimate of drug-likeness (QED) is 0.421. The first kappa shape index (κ1) is 16.0. The van der Waals surface area contributed by atoms with Crippen molar-refractivity contribution < 1.29 is 9.66 Å². The fraction of sp³-hybridized carbons (Fsp3) is 0.118. The predicted octanol–water partition coefficient (Wildman–Crippen LogP) is 4.42. The Balaban J connectivity index is 1.83. The summed E-state index contributed by atoms with van der Waals surface area (Å²) in [4.78, 5) is 14.8. The smallest absolute Gasteiger partial charge is 0.271 e. The fourth-order valence-electron chi connectivity index (χ4n) is 2.34. The number of non-ortho nitro benzene ring substituents is 1. The SMILES string of the molecule is COc1ccc2cc(CNc3cccc([N+](=O)[O-])c3)c(Cl)nc2c1. The molecule has 3 aromatic rings. The number of anilines is 1. The third-order valence-electron chi connectivity index (χ3n) is 3.59. The Bertz CT molecular complexity index is 915. The summed E-state index contributed by atoms with van der Waals surface area (Å²) in [6, 6.07) is 13.8. The molecular weight excluding hydrogens is 330 g/mol. The highest BCUT2D eigenvalue weighted by Crippen LogP contribution is 2.25. The van der Waals surface area contributed by atoms with Crippen LogP contribution in [-0.4, -0.2) is 17.0 Å². The molecule has 1 heterocycles. The summed E-state index contributed by atoms with van der Waals surface area (Å²) in [5.41, 5.74) is 2.24. The van der Waals surface area contributed by atoms with Crippen LogP contribution in [-0.2, 0) is 6.54 Å². The number of hydrogen-bond acceptors (Lipinski definition) is 5. The lowest BCUT2D eigenvalue weighted by Crippen LogP contribution is -2.02. The van der Waals surface area contributed by atoms with Crippen molar-refractivity contribution in [1.82, 2.24) is 4.98 Å². The van der Waals surface area contributed by atoms with Crippen LogP contribution in [0.2, 0.25) is 5.15 Å². The van der Waals surface area contributed by atoms with Crippen LogP contribution in [0.4, 0.5) is 11.4 Å². The molecule has 7 heteroatoms. The molecule has 24 heavy (non-hydrogen) atoms. The Kier molecular flexibility index (Phi) is 4.48. The van der Waals surface area contributed by atoms with Crippen LogP contribution in [0.5, 0.6) is 5.75 Å². The van der Waals surface area contributed by atoms with Crippen LogP contribution < -0.4 is 10.1 Å². The largest absolute Gasteiger partial charge is 0.497 e. The standard InChI is InChI=1S/C17H14ClN3O3/c1-24-15-6-5-11-7-12(17(18)20-16(11)9-15)10-19-13-3-2-4-14(8-13)21(22)23/h2-9,19H,10H2,1H3. The van der Waals surface area contributed by atoms with E-state index in [4.69, 9.17) is 16.3 Å². The number of hydrogen-bond donors (Lipinski definition) is 1. The topological polar surface area (TPSA) is 77.3 Å². The van der Waals surface area contributed by atoms with Gasteiger partial charge in [0.2, 0.25) is 0 Å². The number of nitrogens with one attached hydrogen (secondary N) is 1. The summed E-state index contributed by atoms with van der Waals surface area (Å²) < 4.78 is 5.18. The molecule has 1 N–H and O–H groups in total. The summed E-state index contributed by atoms with van der Waals surface area (Å²) in [6.45, 7) is 0.412. The Morgan fingerprint density at radius 2 is 2.08 bits per heavy atom. The summed E-state index contributed by atoms with van der Waals surface area (Å²) in [7, 11) is 1.60. The first-order chi connectivity index (χ1) is 11.6. The molecular formula is C17H14ClN3O3. The van der Waals surface area contributed by atoms with E-state index < -0.39 is 4.92 Å². The number of nitro groups is 1. The molecule has 0 saturated heterocycles. The Morgan fingerprint density at radius 1 is 1.25 bits per heavy atom. The van der Waals surface area contributed by atoms with Gasteiger partial charge in [-0.05, 0) is 24.3 Å². The lowest BCUT2D eigenvalue weighted by atomic mass is 10.1. The molecule has 0 atom stereocenters. The van der Waals surface area contributed by atoms with Crippen LogP contribution in [0.1, 0.15) is 5.56 Å². The van der Waals surface area contributed by atoms with Crippen molar-refractivity contribution >= 4 is 33.9 Å². The van der Waals surface area contributed by atoms with Crippen LogP contribution in [0, 0.1) is 10.1 Å². The average molecular weight is 344 g/mol. The molecule has 0 aliphatic rings. The number of halogens is 1. The molecule has 1 aromatic heterocycles. The van der Waals surface area contributed by atoms with E-state index in [1.54, 1.807) is 19.2 Å². The summed E-state index contributed by atoms with van der Waals surface area (Å²) >= 11 is 6.25. The maximum absolute atomic E-state index is 10.8. The van der Waals surface area contributed by atoms with E-state index in [0.717, 1.165) is 16.5 Å². The monoisotopic (exact) mass is 343 g/mol. The zero-order valence-electron chi connectivity index (χ0n) is 12.8. The summed E-state index contributed by atoms with van der Waals surface area (Å²) in [5.74, 6) is 0.716. The maximum Gasteiger partial charge on any atom is 0.271 e. The molecule has 0 amide bonds. The number of methoxy groups -OCH3 is 1. The molecule has 0 radical (unpaired) electrons. The van der Waals surface area contributed by atoms with E-state index in [0.29, 0.717) is 23.1 Å². The van der Waals surface area contributed by atoms with Gasteiger partial charge in [-0.1, -0.05) is 17.7 Å². The number of pyridine rings is 1. The lowest BCUT2D eigenvalue weighted by Gasteiger charge is -2.10. The molecule has 122 valence electrons. The second kappa shape index (κ2) is 6.72. The molecule has 0 bridgehead atoms. The van der Waals surface area contributed by atoms with Gasteiger partial charge in [0.05, 0.1) is 17.5 Å². The molecule has 0 unspecified atom stereocenters. The number of nitro benzene ring substituents is 1. The molecule has 3 rings (SSSR count). The molecule has 6 nitrogen and oxygen atoms in total. The van der Waals surface area contributed by atoms with Crippen molar-refractivity contribution in [2.24, 2.45) is 0 Å². The molecule has 0 saturated carbocycles. The number of fused-ring (bicyclic) bond motifs is 1. The van der Waals surface area contributed by atoms with Gasteiger partial charge in [0.15, 0.2) is 0 Å². The van der Waals surface area contributed by atoms with Gasteiger partial charge in [0.25, 0.3) is 5.69 Å². The number of aromatic nitrogens is 1. The van der Waals surface area contributed by atoms with E-state index in [2.05, 4.69) is 10.3 Å². The maximum atomic E-state index is 10.8. The Labute approximate surface area is 143 Å². The zero-order chi connectivity index (χ0) is 17.1. The van der Waals surface area contributed by atoms with Crippen molar-refractivity contribution in [1.29, 1.82) is 0 Å². The van der Waals surface area contributed by atoms with E-state index >= 15 is 0 Å². The lowest BCUT2D eigenvalue weighted by molar-refractivity contribution is -0.384. The summed E-state index contributed by atoms with van der Waals surface area (Å²) in [5, 5.41) is 15.3. The molecule has 0 aliphatic heterocycles. The van der Waals surface area contributed by atoms with Crippen molar-refractivity contribution in [3.8, 4) is 5.75 Å². The third kappa shape index (κ3) is 3.38. The number of benzene rings is 2. The van der Waals surface area contributed by atoms with Gasteiger partial charge in [-0.15, -0.1) is 0 Å². The Morgan fingerprint density at radius 3 is 2.83 bits per heavy atom. The van der Waals surface area contributed by atoms with Crippen molar-refractivity contribution in [3.63, 3.8) is 0 Å². The minimum absolute atomic E-state index is 0.0369. The van der Waals surface area contributed by atoms with Crippen LogP contribution in [0.3, 0.4) is 0 Å². The first-order valence-corrected chi connectivity index (χ1v) is 7.56. The number of rotatable bonds is 5. The van der Waals surface area contributed by atoms with Crippen LogP contribution in [0.25, 0.3) is 10.9 Å². The predicted molar refractivity (Wildman–Crippen MR) is 93.7 cm³/mol. The summed E-state index contributed by atoms with van der Waals surface area (Å²) in [6.07, 6.45) is 0. The second-order valence-corrected chi connectivity index (χ2v) is 5.52. The van der Waals surface area contributed by atoms with Crippen molar-refractivity contribution in [3.05, 3.63) is 69.4 Å². The highest BCUT2D eigenvalue weighted by Gasteiger charge is 2.08. The second-order valence-electron chi connectivity index (χ2n) is 5.16. The van der Waals surface area contributed by atoms with E-state index in [1.165, 1.54) is 12.1 Å². The minimum Gasteiger partial charge on any atom is -0.497 e. The van der Waals surface area contributed by atoms with Crippen LogP contribution in [0.15, 0.2) is 48.5 Å². The highest BCUT2D eigenvalue weighted by atomic mass is 35.5. The van der Waals surface area contributed by atoms with Gasteiger partial charge in [-0.3, -0.25) is 10.1 Å². The molecule has 0 spiro atoms. The Hall–Kier alpha value is -2.86. The molecule has 2 aromatic carbocycles. The van der Waals surface area contributed by atoms with Gasteiger partial charge in [0.1, 0.15) is 10.9 Å². The minimum atomic E-state index is -0.427. The van der Waals surface area contributed by atoms with E-state index in [9.17, 15) is 10.1 Å². The van der Waals surface area contributed by atoms with E-state index in [-0.39, 0.29) is 5.69 Å². The first-order valence-electron chi connectivity index (χ1n) is 7.18. The number of ether oxygens (including phenoxy) is 1. The average Bonchev–Trinajstić information content (AvgIpc) is 2.59. The van der Waals surface area contributed by atoms with Crippen molar-refractivity contribution in [2.75, 3.05) is 12.4 Å². The van der Waals surface area contributed by atoms with E-state index in [1.807, 2.05) is 24.3 Å². The third-order valence-corrected chi connectivity index (χ3v) is 3.92. The van der Waals surface area contributed by atoms with Gasteiger partial charge in [-0.25, -0.2) is 4.98 Å². The molecule has 0 aliphatic carbocycles. The van der Waals surface area contributed by atoms with Gasteiger partial charge in [-0.2, -0.15) is 0 Å². The highest BCUT2D eigenvalue weighted by molar-refractivity contribution is 6.30.